The van der Waals surface area contributed by atoms with Gasteiger partial charge in [-0.25, -0.2) is 4.79 Å². The molecule has 0 rings (SSSR count). The van der Waals surface area contributed by atoms with E-state index in [4.69, 9.17) is 10.8 Å². The van der Waals surface area contributed by atoms with Crippen LogP contribution >= 0.6 is 11.8 Å². The fraction of sp³-hybridized carbons (Fsp3) is 0.722. The Kier molecular flexibility index (Phi) is 13.5. The van der Waals surface area contributed by atoms with Gasteiger partial charge in [-0.1, -0.05) is 0 Å². The zero-order valence-corrected chi connectivity index (χ0v) is 18.9. The summed E-state index contributed by atoms with van der Waals surface area (Å²) < 4.78 is 0. The number of aliphatic carboxylic acids is 2. The molecule has 3 amide bonds. The van der Waals surface area contributed by atoms with Gasteiger partial charge in [-0.3, -0.25) is 19.2 Å². The Balaban J connectivity index is 5.44. The van der Waals surface area contributed by atoms with Crippen LogP contribution in [0, 0.1) is 0 Å². The minimum atomic E-state index is -1.58. The summed E-state index contributed by atoms with van der Waals surface area (Å²) in [5, 5.41) is 44.2. The number of hydrogen-bond donors (Lipinski definition) is 8. The van der Waals surface area contributed by atoms with Gasteiger partial charge in [-0.15, -0.1) is 0 Å². The maximum atomic E-state index is 12.7. The number of carbonyl (C=O) groups is 5. The first-order valence-electron chi connectivity index (χ1n) is 9.78. The van der Waals surface area contributed by atoms with Crippen LogP contribution in [0.4, 0.5) is 0 Å². The van der Waals surface area contributed by atoms with Crippen LogP contribution in [0.25, 0.3) is 0 Å². The van der Waals surface area contributed by atoms with Crippen molar-refractivity contribution >= 4 is 41.4 Å². The van der Waals surface area contributed by atoms with E-state index >= 15 is 0 Å². The van der Waals surface area contributed by atoms with Crippen LogP contribution in [0.5, 0.6) is 0 Å². The zero-order chi connectivity index (χ0) is 25.0. The van der Waals surface area contributed by atoms with Crippen molar-refractivity contribution in [2.75, 3.05) is 12.0 Å². The van der Waals surface area contributed by atoms with E-state index in [1.165, 1.54) is 25.6 Å². The van der Waals surface area contributed by atoms with Gasteiger partial charge in [0, 0.05) is 6.42 Å². The van der Waals surface area contributed by atoms with Gasteiger partial charge in [0.2, 0.25) is 17.7 Å². The van der Waals surface area contributed by atoms with Gasteiger partial charge in [-0.2, -0.15) is 11.8 Å². The summed E-state index contributed by atoms with van der Waals surface area (Å²) in [6, 6.07) is -5.66. The molecular weight excluding hydrogens is 448 g/mol. The Labute approximate surface area is 189 Å². The highest BCUT2D eigenvalue weighted by atomic mass is 32.2. The van der Waals surface area contributed by atoms with Gasteiger partial charge in [0.25, 0.3) is 0 Å². The molecule has 0 spiro atoms. The van der Waals surface area contributed by atoms with Gasteiger partial charge in [0.1, 0.15) is 24.2 Å². The summed E-state index contributed by atoms with van der Waals surface area (Å²) in [5.74, 6) is -4.98. The second kappa shape index (κ2) is 14.6. The Morgan fingerprint density at radius 1 is 0.844 bits per heavy atom. The molecular formula is C18H32N4O9S. The highest BCUT2D eigenvalue weighted by Gasteiger charge is 2.33. The second-order valence-electron chi connectivity index (χ2n) is 7.17. The SMILES string of the molecule is CSCCC(NC(=O)C(NC(=O)C(CCC(=O)O)NC(=O)C(N)C(C)O)C(C)O)C(=O)O. The monoisotopic (exact) mass is 480 g/mol. The number of nitrogens with one attached hydrogen (secondary N) is 3. The van der Waals surface area contributed by atoms with Crippen LogP contribution in [-0.4, -0.2) is 98.5 Å². The third-order valence-electron chi connectivity index (χ3n) is 4.39. The molecule has 0 bridgehead atoms. The molecule has 6 unspecified atom stereocenters. The summed E-state index contributed by atoms with van der Waals surface area (Å²) >= 11 is 1.37. The summed E-state index contributed by atoms with van der Waals surface area (Å²) in [5.41, 5.74) is 5.51. The lowest BCUT2D eigenvalue weighted by Crippen LogP contribution is -2.60. The van der Waals surface area contributed by atoms with E-state index in [2.05, 4.69) is 16.0 Å². The predicted molar refractivity (Wildman–Crippen MR) is 115 cm³/mol. The van der Waals surface area contributed by atoms with Crippen molar-refractivity contribution in [2.45, 2.75) is 69.5 Å². The first kappa shape index (κ1) is 29.6. The first-order valence-corrected chi connectivity index (χ1v) is 11.2. The fourth-order valence-electron chi connectivity index (χ4n) is 2.44. The van der Waals surface area contributed by atoms with E-state index in [-0.39, 0.29) is 12.8 Å². The predicted octanol–water partition coefficient (Wildman–Crippen LogP) is -2.77. The van der Waals surface area contributed by atoms with Crippen LogP contribution in [0.15, 0.2) is 0 Å². The van der Waals surface area contributed by atoms with E-state index in [0.717, 1.165) is 0 Å². The number of aliphatic hydroxyl groups is 2. The maximum absolute atomic E-state index is 12.7. The molecule has 13 nitrogen and oxygen atoms in total. The molecule has 0 aromatic carbocycles. The summed E-state index contributed by atoms with van der Waals surface area (Å²) in [7, 11) is 0. The van der Waals surface area contributed by atoms with Crippen LogP contribution in [0.2, 0.25) is 0 Å². The van der Waals surface area contributed by atoms with E-state index < -0.39 is 72.5 Å². The fourth-order valence-corrected chi connectivity index (χ4v) is 2.91. The number of carboxylic acids is 2. The van der Waals surface area contributed by atoms with E-state index in [1.807, 2.05) is 0 Å². The molecule has 0 aliphatic heterocycles. The van der Waals surface area contributed by atoms with Gasteiger partial charge in [-0.05, 0) is 38.7 Å². The molecule has 0 fully saturated rings. The highest BCUT2D eigenvalue weighted by Crippen LogP contribution is 2.05. The molecule has 14 heteroatoms. The van der Waals surface area contributed by atoms with Gasteiger partial charge < -0.3 is 42.1 Å². The highest BCUT2D eigenvalue weighted by molar-refractivity contribution is 7.98. The minimum Gasteiger partial charge on any atom is -0.481 e. The molecule has 0 saturated heterocycles. The number of carbonyl (C=O) groups excluding carboxylic acids is 3. The topological polar surface area (TPSA) is 228 Å². The van der Waals surface area contributed by atoms with E-state index in [9.17, 15) is 39.3 Å². The lowest BCUT2D eigenvalue weighted by Gasteiger charge is -2.26. The van der Waals surface area contributed by atoms with Crippen molar-refractivity contribution in [1.29, 1.82) is 0 Å². The molecule has 6 atom stereocenters. The van der Waals surface area contributed by atoms with Crippen LogP contribution < -0.4 is 21.7 Å². The number of hydrogen-bond acceptors (Lipinski definition) is 9. The maximum Gasteiger partial charge on any atom is 0.326 e. The summed E-state index contributed by atoms with van der Waals surface area (Å²) in [4.78, 5) is 59.5. The van der Waals surface area contributed by atoms with Gasteiger partial charge in [0.15, 0.2) is 0 Å². The van der Waals surface area contributed by atoms with Crippen molar-refractivity contribution in [2.24, 2.45) is 5.73 Å². The number of rotatable bonds is 15. The molecule has 184 valence electrons. The number of amides is 3. The number of nitrogens with two attached hydrogens (primary N) is 1. The van der Waals surface area contributed by atoms with Crippen molar-refractivity contribution in [3.8, 4) is 0 Å². The second-order valence-corrected chi connectivity index (χ2v) is 8.15. The molecule has 0 saturated carbocycles. The van der Waals surface area contributed by atoms with Gasteiger partial charge >= 0.3 is 11.9 Å². The molecule has 0 aliphatic carbocycles. The van der Waals surface area contributed by atoms with Gasteiger partial charge in [0.05, 0.1) is 12.2 Å². The van der Waals surface area contributed by atoms with E-state index in [0.29, 0.717) is 5.75 Å². The smallest absolute Gasteiger partial charge is 0.326 e. The molecule has 9 N–H and O–H groups in total. The number of carboxylic acid groups (broad SMARTS) is 2. The molecule has 0 heterocycles. The number of thioether (sulfide) groups is 1. The standard InChI is InChI=1S/C18H32N4O9S/c1-8(23)13(19)16(28)20-10(4-5-12(25)26)15(27)22-14(9(2)24)17(29)21-11(18(30)31)6-7-32-3/h8-11,13-14,23-24H,4-7,19H2,1-3H3,(H,20,28)(H,21,29)(H,22,27)(H,25,26)(H,30,31). The zero-order valence-electron chi connectivity index (χ0n) is 18.1. The van der Waals surface area contributed by atoms with Crippen molar-refractivity contribution < 1.29 is 44.4 Å². The van der Waals surface area contributed by atoms with Crippen LogP contribution in [0.3, 0.4) is 0 Å². The molecule has 0 aromatic heterocycles. The Hall–Kier alpha value is -2.42. The minimum absolute atomic E-state index is 0.108. The number of aliphatic hydroxyl groups excluding tert-OH is 2. The third-order valence-corrected chi connectivity index (χ3v) is 5.03. The third kappa shape index (κ3) is 10.7. The van der Waals surface area contributed by atoms with Crippen molar-refractivity contribution in [3.05, 3.63) is 0 Å². The molecule has 0 aromatic rings. The summed E-state index contributed by atoms with van der Waals surface area (Å²) in [6.07, 6.45) is -1.69. The Morgan fingerprint density at radius 3 is 1.84 bits per heavy atom. The lowest BCUT2D eigenvalue weighted by molar-refractivity contribution is -0.143. The van der Waals surface area contributed by atoms with E-state index in [1.54, 1.807) is 6.26 Å². The molecule has 32 heavy (non-hydrogen) atoms. The average molecular weight is 481 g/mol. The van der Waals surface area contributed by atoms with Crippen LogP contribution in [-0.2, 0) is 24.0 Å². The Bertz CT molecular complexity index is 675. The Morgan fingerprint density at radius 2 is 1.41 bits per heavy atom. The first-order chi connectivity index (χ1) is 14.8. The average Bonchev–Trinajstić information content (AvgIpc) is 2.70. The van der Waals surface area contributed by atoms with Crippen molar-refractivity contribution in [1.82, 2.24) is 16.0 Å². The van der Waals surface area contributed by atoms with Crippen LogP contribution in [0.1, 0.15) is 33.1 Å². The molecule has 0 aliphatic rings. The summed E-state index contributed by atoms with van der Waals surface area (Å²) in [6.45, 7) is 2.44. The lowest BCUT2D eigenvalue weighted by atomic mass is 10.1. The van der Waals surface area contributed by atoms with Crippen molar-refractivity contribution in [3.63, 3.8) is 0 Å². The normalized spacial score (nSPS) is 16.6. The largest absolute Gasteiger partial charge is 0.481 e. The quantitative estimate of drug-likeness (QED) is 0.120. The molecule has 0 radical (unpaired) electrons.